The largest absolute Gasteiger partial charge is 0.378 e. The van der Waals surface area contributed by atoms with Crippen LogP contribution in [0.25, 0.3) is 6.08 Å². The van der Waals surface area contributed by atoms with Crippen molar-refractivity contribution in [3.05, 3.63) is 63.0 Å². The number of hydrogen-bond donors (Lipinski definition) is 1. The van der Waals surface area contributed by atoms with Gasteiger partial charge in [-0.2, -0.15) is 0 Å². The first kappa shape index (κ1) is 17.9. The molecule has 1 aliphatic rings. The van der Waals surface area contributed by atoms with Crippen molar-refractivity contribution in [2.45, 2.75) is 0 Å². The Kier molecular flexibility index (Phi) is 5.37. The number of nitrogens with zero attached hydrogens (tertiary/aromatic N) is 2. The second-order valence-electron chi connectivity index (χ2n) is 5.54. The van der Waals surface area contributed by atoms with Gasteiger partial charge in [0.25, 0.3) is 5.91 Å². The van der Waals surface area contributed by atoms with Gasteiger partial charge in [-0.1, -0.05) is 41.4 Å². The Morgan fingerprint density at radius 2 is 1.84 bits per heavy atom. The number of halogens is 2. The number of carbonyl (C=O) groups excluding carboxylic acids is 1. The molecule has 1 N–H and O–H groups in total. The van der Waals surface area contributed by atoms with Crippen LogP contribution in [0.2, 0.25) is 10.0 Å². The summed E-state index contributed by atoms with van der Waals surface area (Å²) < 4.78 is 0. The van der Waals surface area contributed by atoms with Gasteiger partial charge in [-0.05, 0) is 47.7 Å². The van der Waals surface area contributed by atoms with Crippen LogP contribution in [0.4, 0.5) is 11.4 Å². The molecular formula is C18H15Cl2N3OS. The second kappa shape index (κ2) is 7.52. The van der Waals surface area contributed by atoms with Gasteiger partial charge in [0.1, 0.15) is 0 Å². The summed E-state index contributed by atoms with van der Waals surface area (Å²) >= 11 is 13.4. The average molecular weight is 392 g/mol. The number of rotatable bonds is 3. The topological polar surface area (TPSA) is 44.7 Å². The molecule has 7 heteroatoms. The molecule has 4 nitrogen and oxygen atoms in total. The van der Waals surface area contributed by atoms with Gasteiger partial charge in [0, 0.05) is 19.8 Å². The normalized spacial score (nSPS) is 17.2. The molecule has 2 aromatic rings. The van der Waals surface area contributed by atoms with E-state index in [-0.39, 0.29) is 5.91 Å². The lowest BCUT2D eigenvalue weighted by molar-refractivity contribution is -0.115. The van der Waals surface area contributed by atoms with Crippen LogP contribution in [0.15, 0.2) is 52.4 Å². The molecule has 25 heavy (non-hydrogen) atoms. The summed E-state index contributed by atoms with van der Waals surface area (Å²) in [5.41, 5.74) is 2.57. The summed E-state index contributed by atoms with van der Waals surface area (Å²) in [6.07, 6.45) is 1.83. The molecule has 2 aromatic carbocycles. The number of amidine groups is 1. The summed E-state index contributed by atoms with van der Waals surface area (Å²) in [6.45, 7) is 0. The Labute approximate surface area is 160 Å². The molecule has 0 bridgehead atoms. The number of amides is 1. The Balaban J connectivity index is 1.82. The molecule has 0 aliphatic carbocycles. The summed E-state index contributed by atoms with van der Waals surface area (Å²) in [6, 6.07) is 13.2. The highest BCUT2D eigenvalue weighted by Gasteiger charge is 2.24. The zero-order valence-corrected chi connectivity index (χ0v) is 15.9. The highest BCUT2D eigenvalue weighted by Crippen LogP contribution is 2.34. The first-order chi connectivity index (χ1) is 11.9. The predicted molar refractivity (Wildman–Crippen MR) is 108 cm³/mol. The van der Waals surface area contributed by atoms with Crippen molar-refractivity contribution in [1.82, 2.24) is 5.32 Å². The van der Waals surface area contributed by atoms with Crippen LogP contribution in [-0.2, 0) is 4.79 Å². The molecule has 0 radical (unpaired) electrons. The molecule has 0 spiro atoms. The van der Waals surface area contributed by atoms with E-state index in [9.17, 15) is 4.79 Å². The van der Waals surface area contributed by atoms with Gasteiger partial charge >= 0.3 is 0 Å². The zero-order chi connectivity index (χ0) is 18.0. The van der Waals surface area contributed by atoms with E-state index in [0.29, 0.717) is 25.8 Å². The molecule has 1 aliphatic heterocycles. The minimum atomic E-state index is -0.182. The van der Waals surface area contributed by atoms with Crippen molar-refractivity contribution in [3.63, 3.8) is 0 Å². The van der Waals surface area contributed by atoms with Gasteiger partial charge in [0.05, 0.1) is 20.6 Å². The molecule has 1 saturated heterocycles. The Bertz CT molecular complexity index is 876. The van der Waals surface area contributed by atoms with Gasteiger partial charge < -0.3 is 10.2 Å². The Hall–Kier alpha value is -1.95. The summed E-state index contributed by atoms with van der Waals surface area (Å²) in [7, 11) is 3.97. The van der Waals surface area contributed by atoms with Crippen LogP contribution in [0.5, 0.6) is 0 Å². The lowest BCUT2D eigenvalue weighted by atomic mass is 10.2. The number of nitrogens with one attached hydrogen (secondary N) is 1. The minimum absolute atomic E-state index is 0.182. The first-order valence-electron chi connectivity index (χ1n) is 7.45. The monoisotopic (exact) mass is 391 g/mol. The van der Waals surface area contributed by atoms with Crippen molar-refractivity contribution >= 4 is 63.5 Å². The highest BCUT2D eigenvalue weighted by molar-refractivity contribution is 8.18. The molecular weight excluding hydrogens is 377 g/mol. The van der Waals surface area contributed by atoms with Crippen molar-refractivity contribution < 1.29 is 4.79 Å². The van der Waals surface area contributed by atoms with Crippen molar-refractivity contribution in [2.24, 2.45) is 4.99 Å². The van der Waals surface area contributed by atoms with E-state index in [1.54, 1.807) is 18.2 Å². The first-order valence-corrected chi connectivity index (χ1v) is 9.02. The number of thioether (sulfide) groups is 1. The van der Waals surface area contributed by atoms with E-state index in [1.165, 1.54) is 11.8 Å². The fourth-order valence-corrected chi connectivity index (χ4v) is 3.36. The van der Waals surface area contributed by atoms with E-state index in [1.807, 2.05) is 49.3 Å². The lowest BCUT2D eigenvalue weighted by Gasteiger charge is -2.11. The van der Waals surface area contributed by atoms with E-state index < -0.39 is 0 Å². The summed E-state index contributed by atoms with van der Waals surface area (Å²) in [4.78, 5) is 19.1. The van der Waals surface area contributed by atoms with Crippen LogP contribution >= 0.6 is 35.0 Å². The van der Waals surface area contributed by atoms with Crippen molar-refractivity contribution in [2.75, 3.05) is 19.0 Å². The molecule has 0 aromatic heterocycles. The Morgan fingerprint density at radius 1 is 1.12 bits per heavy atom. The van der Waals surface area contributed by atoms with Gasteiger partial charge in [-0.3, -0.25) is 4.79 Å². The Morgan fingerprint density at radius 3 is 2.52 bits per heavy atom. The standard InChI is InChI=1S/C18H15Cl2N3OS/c1-23(2)12-8-6-11(7-9-12)10-15-17(24)22-18(25-15)21-14-5-3-4-13(19)16(14)20/h3-10H,1-2H3,(H,21,22,24)/b15-10-. The number of hydrogen-bond acceptors (Lipinski definition) is 4. The third-order valence-corrected chi connectivity index (χ3v) is 5.23. The van der Waals surface area contributed by atoms with E-state index >= 15 is 0 Å². The van der Waals surface area contributed by atoms with Crippen LogP contribution in [0.1, 0.15) is 5.56 Å². The fourth-order valence-electron chi connectivity index (χ4n) is 2.19. The highest BCUT2D eigenvalue weighted by atomic mass is 35.5. The molecule has 0 saturated carbocycles. The van der Waals surface area contributed by atoms with E-state index in [0.717, 1.165) is 11.3 Å². The number of carbonyl (C=O) groups is 1. The van der Waals surface area contributed by atoms with Crippen LogP contribution in [0, 0.1) is 0 Å². The molecule has 1 heterocycles. The second-order valence-corrected chi connectivity index (χ2v) is 7.36. The number of anilines is 1. The van der Waals surface area contributed by atoms with E-state index in [4.69, 9.17) is 23.2 Å². The van der Waals surface area contributed by atoms with Crippen LogP contribution in [0.3, 0.4) is 0 Å². The summed E-state index contributed by atoms with van der Waals surface area (Å²) in [5, 5.41) is 4.01. The predicted octanol–water partition coefficient (Wildman–Crippen LogP) is 4.95. The molecule has 0 unspecified atom stereocenters. The molecule has 1 amide bonds. The number of benzene rings is 2. The smallest absolute Gasteiger partial charge is 0.264 e. The van der Waals surface area contributed by atoms with Crippen molar-refractivity contribution in [1.29, 1.82) is 0 Å². The summed E-state index contributed by atoms with van der Waals surface area (Å²) in [5.74, 6) is -0.182. The van der Waals surface area contributed by atoms with Gasteiger partial charge in [-0.25, -0.2) is 4.99 Å². The number of aliphatic imine (C=N–C) groups is 1. The SMILES string of the molecule is CN(C)c1ccc(/C=C2\SC(=Nc3cccc(Cl)c3Cl)NC2=O)cc1. The van der Waals surface area contributed by atoms with Crippen LogP contribution < -0.4 is 10.2 Å². The van der Waals surface area contributed by atoms with E-state index in [2.05, 4.69) is 10.3 Å². The third-order valence-electron chi connectivity index (χ3n) is 3.51. The molecule has 1 fully saturated rings. The zero-order valence-electron chi connectivity index (χ0n) is 13.6. The quantitative estimate of drug-likeness (QED) is 0.752. The molecule has 0 atom stereocenters. The molecule has 128 valence electrons. The van der Waals surface area contributed by atoms with Gasteiger partial charge in [0.2, 0.25) is 0 Å². The van der Waals surface area contributed by atoms with Gasteiger partial charge in [0.15, 0.2) is 5.17 Å². The maximum absolute atomic E-state index is 12.2. The maximum atomic E-state index is 12.2. The lowest BCUT2D eigenvalue weighted by Crippen LogP contribution is -2.19. The fraction of sp³-hybridized carbons (Fsp3) is 0.111. The van der Waals surface area contributed by atoms with Crippen molar-refractivity contribution in [3.8, 4) is 0 Å². The average Bonchev–Trinajstić information content (AvgIpc) is 2.92. The minimum Gasteiger partial charge on any atom is -0.378 e. The molecule has 3 rings (SSSR count). The third kappa shape index (κ3) is 4.18. The van der Waals surface area contributed by atoms with Crippen LogP contribution in [-0.4, -0.2) is 25.2 Å². The maximum Gasteiger partial charge on any atom is 0.264 e. The van der Waals surface area contributed by atoms with Gasteiger partial charge in [-0.15, -0.1) is 0 Å².